The molecule has 0 aliphatic carbocycles. The van der Waals surface area contributed by atoms with Crippen molar-refractivity contribution < 1.29 is 8.42 Å². The molecule has 96 valence electrons. The van der Waals surface area contributed by atoms with Crippen LogP contribution < -0.4 is 0 Å². The molecule has 0 aliphatic heterocycles. The molecule has 0 spiro atoms. The minimum atomic E-state index is -3.31. The maximum Gasteiger partial charge on any atom is 0.193 e. The van der Waals surface area contributed by atoms with E-state index in [-0.39, 0.29) is 5.03 Å². The van der Waals surface area contributed by atoms with E-state index in [0.29, 0.717) is 0 Å². The second kappa shape index (κ2) is 4.05. The predicted molar refractivity (Wildman–Crippen MR) is 73.8 cm³/mol. The van der Waals surface area contributed by atoms with Crippen LogP contribution >= 0.6 is 0 Å². The standard InChI is InChI=1S/C14H17NO2S/c1-8-6-7-12-13(9(8)2)10(3)11(4)15-14(12)18(5,16)17/h6-7H,1-5H3. The molecule has 3 nitrogen and oxygen atoms in total. The lowest BCUT2D eigenvalue weighted by molar-refractivity contribution is 0.599. The highest BCUT2D eigenvalue weighted by molar-refractivity contribution is 7.90. The van der Waals surface area contributed by atoms with Crippen LogP contribution in [0.3, 0.4) is 0 Å². The Bertz CT molecular complexity index is 738. The first-order chi connectivity index (χ1) is 8.23. The highest BCUT2D eigenvalue weighted by Crippen LogP contribution is 2.30. The predicted octanol–water partition coefficient (Wildman–Crippen LogP) is 2.87. The van der Waals surface area contributed by atoms with Gasteiger partial charge in [-0.25, -0.2) is 13.4 Å². The summed E-state index contributed by atoms with van der Waals surface area (Å²) in [4.78, 5) is 4.25. The minimum Gasteiger partial charge on any atom is -0.241 e. The second-order valence-electron chi connectivity index (χ2n) is 4.83. The molecule has 0 atom stereocenters. The molecule has 0 unspecified atom stereocenters. The van der Waals surface area contributed by atoms with E-state index in [1.165, 1.54) is 6.26 Å². The molecule has 0 bridgehead atoms. The maximum atomic E-state index is 11.8. The molecule has 1 aromatic heterocycles. The Kier molecular flexibility index (Phi) is 2.93. The van der Waals surface area contributed by atoms with Crippen LogP contribution in [0.5, 0.6) is 0 Å². The Morgan fingerprint density at radius 1 is 1.00 bits per heavy atom. The van der Waals surface area contributed by atoms with Crippen LogP contribution in [-0.4, -0.2) is 19.7 Å². The minimum absolute atomic E-state index is 0.184. The van der Waals surface area contributed by atoms with E-state index >= 15 is 0 Å². The normalized spacial score (nSPS) is 12.1. The summed E-state index contributed by atoms with van der Waals surface area (Å²) in [6, 6.07) is 3.80. The number of hydrogen-bond donors (Lipinski definition) is 0. The van der Waals surface area contributed by atoms with Crippen molar-refractivity contribution in [1.82, 2.24) is 4.98 Å². The van der Waals surface area contributed by atoms with Crippen molar-refractivity contribution in [2.75, 3.05) is 6.26 Å². The zero-order valence-electron chi connectivity index (χ0n) is 11.3. The Labute approximate surface area is 108 Å². The molecule has 0 saturated heterocycles. The third-order valence-electron chi connectivity index (χ3n) is 3.50. The topological polar surface area (TPSA) is 47.0 Å². The molecule has 0 amide bonds. The molecule has 0 N–H and O–H groups in total. The average Bonchev–Trinajstić information content (AvgIpc) is 2.26. The fourth-order valence-corrected chi connectivity index (χ4v) is 3.11. The lowest BCUT2D eigenvalue weighted by atomic mass is 9.98. The van der Waals surface area contributed by atoms with Crippen LogP contribution in [-0.2, 0) is 9.84 Å². The Hall–Kier alpha value is -1.42. The van der Waals surface area contributed by atoms with Crippen LogP contribution in [0.1, 0.15) is 22.4 Å². The van der Waals surface area contributed by atoms with Gasteiger partial charge in [-0.05, 0) is 49.8 Å². The molecule has 2 aromatic rings. The monoisotopic (exact) mass is 263 g/mol. The number of aryl methyl sites for hydroxylation is 4. The average molecular weight is 263 g/mol. The van der Waals surface area contributed by atoms with Gasteiger partial charge in [0.25, 0.3) is 0 Å². The van der Waals surface area contributed by atoms with Crippen molar-refractivity contribution in [3.63, 3.8) is 0 Å². The number of aromatic nitrogens is 1. The van der Waals surface area contributed by atoms with E-state index in [1.54, 1.807) is 0 Å². The number of hydrogen-bond acceptors (Lipinski definition) is 3. The summed E-state index contributed by atoms with van der Waals surface area (Å²) in [5.41, 5.74) is 4.12. The van der Waals surface area contributed by atoms with Crippen LogP contribution in [0, 0.1) is 27.7 Å². The highest BCUT2D eigenvalue weighted by atomic mass is 32.2. The van der Waals surface area contributed by atoms with Crippen LogP contribution in [0.25, 0.3) is 10.8 Å². The van der Waals surface area contributed by atoms with Gasteiger partial charge in [-0.2, -0.15) is 0 Å². The number of fused-ring (bicyclic) bond motifs is 1. The summed E-state index contributed by atoms with van der Waals surface area (Å²) in [6.45, 7) is 7.90. The summed E-state index contributed by atoms with van der Waals surface area (Å²) in [5.74, 6) is 0. The molecule has 18 heavy (non-hydrogen) atoms. The molecule has 0 aliphatic rings. The number of sulfone groups is 1. The maximum absolute atomic E-state index is 11.8. The van der Waals surface area contributed by atoms with Gasteiger partial charge in [0.2, 0.25) is 0 Å². The van der Waals surface area contributed by atoms with Crippen molar-refractivity contribution in [1.29, 1.82) is 0 Å². The van der Waals surface area contributed by atoms with Gasteiger partial charge in [-0.1, -0.05) is 12.1 Å². The summed E-state index contributed by atoms with van der Waals surface area (Å²) >= 11 is 0. The zero-order valence-corrected chi connectivity index (χ0v) is 12.1. The van der Waals surface area contributed by atoms with E-state index in [9.17, 15) is 8.42 Å². The summed E-state index contributed by atoms with van der Waals surface area (Å²) in [5, 5.41) is 1.93. The SMILES string of the molecule is Cc1ccc2c(S(C)(=O)=O)nc(C)c(C)c2c1C. The first kappa shape index (κ1) is 13.0. The Balaban J connectivity index is 3.11. The molecule has 1 heterocycles. The third-order valence-corrected chi connectivity index (χ3v) is 4.52. The van der Waals surface area contributed by atoms with E-state index in [0.717, 1.165) is 33.2 Å². The summed E-state index contributed by atoms with van der Waals surface area (Å²) in [6.07, 6.45) is 1.21. The van der Waals surface area contributed by atoms with Crippen molar-refractivity contribution in [3.8, 4) is 0 Å². The number of benzene rings is 1. The molecule has 4 heteroatoms. The number of nitrogens with zero attached hydrogens (tertiary/aromatic N) is 1. The second-order valence-corrected chi connectivity index (χ2v) is 6.76. The van der Waals surface area contributed by atoms with E-state index in [2.05, 4.69) is 4.98 Å². The first-order valence-corrected chi connectivity index (χ1v) is 7.70. The van der Waals surface area contributed by atoms with Gasteiger partial charge in [0.05, 0.1) is 0 Å². The van der Waals surface area contributed by atoms with Gasteiger partial charge >= 0.3 is 0 Å². The number of rotatable bonds is 1. The van der Waals surface area contributed by atoms with Gasteiger partial charge in [0, 0.05) is 17.3 Å². The lowest BCUT2D eigenvalue weighted by Crippen LogP contribution is -2.05. The molecule has 0 radical (unpaired) electrons. The quantitative estimate of drug-likeness (QED) is 0.794. The van der Waals surface area contributed by atoms with Crippen LogP contribution in [0.2, 0.25) is 0 Å². The van der Waals surface area contributed by atoms with Gasteiger partial charge in [0.1, 0.15) is 0 Å². The summed E-state index contributed by atoms with van der Waals surface area (Å²) in [7, 11) is -3.31. The first-order valence-electron chi connectivity index (χ1n) is 5.80. The lowest BCUT2D eigenvalue weighted by Gasteiger charge is -2.13. The fourth-order valence-electron chi connectivity index (χ4n) is 2.24. The largest absolute Gasteiger partial charge is 0.241 e. The van der Waals surface area contributed by atoms with E-state index < -0.39 is 9.84 Å². The van der Waals surface area contributed by atoms with E-state index in [4.69, 9.17) is 0 Å². The van der Waals surface area contributed by atoms with Gasteiger partial charge in [0.15, 0.2) is 14.9 Å². The molecule has 0 saturated carbocycles. The zero-order chi connectivity index (χ0) is 13.7. The van der Waals surface area contributed by atoms with Gasteiger partial charge in [-0.3, -0.25) is 0 Å². The number of pyridine rings is 1. The van der Waals surface area contributed by atoms with Crippen molar-refractivity contribution in [2.24, 2.45) is 0 Å². The van der Waals surface area contributed by atoms with Crippen LogP contribution in [0.15, 0.2) is 17.2 Å². The van der Waals surface area contributed by atoms with Gasteiger partial charge < -0.3 is 0 Å². The Morgan fingerprint density at radius 2 is 1.61 bits per heavy atom. The fraction of sp³-hybridized carbons (Fsp3) is 0.357. The van der Waals surface area contributed by atoms with Crippen molar-refractivity contribution in [3.05, 3.63) is 34.5 Å². The molecule has 0 fully saturated rings. The highest BCUT2D eigenvalue weighted by Gasteiger charge is 2.18. The van der Waals surface area contributed by atoms with Crippen LogP contribution in [0.4, 0.5) is 0 Å². The van der Waals surface area contributed by atoms with Crippen molar-refractivity contribution in [2.45, 2.75) is 32.7 Å². The smallest absolute Gasteiger partial charge is 0.193 e. The Morgan fingerprint density at radius 3 is 2.17 bits per heavy atom. The van der Waals surface area contributed by atoms with Gasteiger partial charge in [-0.15, -0.1) is 0 Å². The summed E-state index contributed by atoms with van der Waals surface area (Å²) < 4.78 is 23.7. The molecule has 1 aromatic carbocycles. The molecular weight excluding hydrogens is 246 g/mol. The molecular formula is C14H17NO2S. The van der Waals surface area contributed by atoms with Crippen molar-refractivity contribution >= 4 is 20.6 Å². The molecule has 2 rings (SSSR count). The third kappa shape index (κ3) is 1.90. The van der Waals surface area contributed by atoms with E-state index in [1.807, 2.05) is 39.8 Å².